The maximum absolute atomic E-state index is 12.8. The Labute approximate surface area is 159 Å². The molecule has 0 saturated carbocycles. The van der Waals surface area contributed by atoms with E-state index in [-0.39, 0.29) is 34.1 Å². The molecule has 7 N–H and O–H groups in total. The Morgan fingerprint density at radius 2 is 1.81 bits per heavy atom. The number of rotatable bonds is 4. The third kappa shape index (κ3) is 3.36. The number of phenols is 4. The molecule has 27 heavy (non-hydrogen) atoms. The number of ether oxygens (including phenoxy) is 1. The number of aliphatic hydroxyl groups is 1. The highest BCUT2D eigenvalue weighted by molar-refractivity contribution is 7.80. The van der Waals surface area contributed by atoms with Gasteiger partial charge in [0.25, 0.3) is 0 Å². The topological polar surface area (TPSA) is 153 Å². The number of phenolic OH excluding ortho intramolecular Hbond substituents is 4. The van der Waals surface area contributed by atoms with Crippen molar-refractivity contribution in [2.45, 2.75) is 24.2 Å². The second kappa shape index (κ2) is 7.18. The van der Waals surface area contributed by atoms with E-state index < -0.39 is 41.4 Å². The van der Waals surface area contributed by atoms with Crippen molar-refractivity contribution in [1.82, 2.24) is 0 Å². The molecule has 8 nitrogen and oxygen atoms in total. The van der Waals surface area contributed by atoms with Crippen LogP contribution in [0.25, 0.3) is 0 Å². The van der Waals surface area contributed by atoms with Crippen molar-refractivity contribution in [2.24, 2.45) is 5.73 Å². The SMILES string of the molecule is N[C@@H](CS)C(=O)C1c2c(O)cc(O)cc2O[C@H](c2ccc(O)c(O)c2)[C@@H]1O. The number of carbonyl (C=O) groups is 1. The average Bonchev–Trinajstić information content (AvgIpc) is 2.62. The average molecular weight is 393 g/mol. The lowest BCUT2D eigenvalue weighted by Crippen LogP contribution is -2.45. The van der Waals surface area contributed by atoms with Crippen LogP contribution in [0.3, 0.4) is 0 Å². The lowest BCUT2D eigenvalue weighted by atomic mass is 9.79. The Morgan fingerprint density at radius 3 is 2.44 bits per heavy atom. The minimum Gasteiger partial charge on any atom is -0.508 e. The molecule has 144 valence electrons. The van der Waals surface area contributed by atoms with Gasteiger partial charge < -0.3 is 36.0 Å². The van der Waals surface area contributed by atoms with Crippen molar-refractivity contribution in [1.29, 1.82) is 0 Å². The highest BCUT2D eigenvalue weighted by Gasteiger charge is 2.45. The summed E-state index contributed by atoms with van der Waals surface area (Å²) in [7, 11) is 0. The van der Waals surface area contributed by atoms with Crippen LogP contribution in [0.15, 0.2) is 30.3 Å². The first-order valence-electron chi connectivity index (χ1n) is 8.07. The largest absolute Gasteiger partial charge is 0.508 e. The maximum atomic E-state index is 12.8. The van der Waals surface area contributed by atoms with E-state index in [1.165, 1.54) is 24.3 Å². The van der Waals surface area contributed by atoms with Crippen LogP contribution in [0.1, 0.15) is 23.1 Å². The zero-order chi connectivity index (χ0) is 19.9. The normalized spacial score (nSPS) is 22.6. The first kappa shape index (κ1) is 19.2. The lowest BCUT2D eigenvalue weighted by molar-refractivity contribution is -0.127. The molecule has 1 heterocycles. The van der Waals surface area contributed by atoms with E-state index in [0.29, 0.717) is 0 Å². The van der Waals surface area contributed by atoms with Gasteiger partial charge in [0.15, 0.2) is 23.4 Å². The van der Waals surface area contributed by atoms with Crippen molar-refractivity contribution in [2.75, 3.05) is 5.75 Å². The van der Waals surface area contributed by atoms with E-state index in [9.17, 15) is 30.3 Å². The molecule has 0 saturated heterocycles. The summed E-state index contributed by atoms with van der Waals surface area (Å²) in [5, 5.41) is 50.1. The molecule has 0 aromatic heterocycles. The fraction of sp³-hybridized carbons (Fsp3) is 0.278. The van der Waals surface area contributed by atoms with Gasteiger partial charge in [-0.2, -0.15) is 12.6 Å². The van der Waals surface area contributed by atoms with E-state index in [0.717, 1.165) is 6.07 Å². The van der Waals surface area contributed by atoms with Crippen LogP contribution >= 0.6 is 12.6 Å². The third-order valence-corrected chi connectivity index (χ3v) is 4.91. The van der Waals surface area contributed by atoms with E-state index >= 15 is 0 Å². The summed E-state index contributed by atoms with van der Waals surface area (Å²) in [6.45, 7) is 0. The Hall–Kier alpha value is -2.62. The van der Waals surface area contributed by atoms with Crippen molar-refractivity contribution in [3.63, 3.8) is 0 Å². The zero-order valence-electron chi connectivity index (χ0n) is 14.0. The number of aliphatic hydroxyl groups excluding tert-OH is 1. The molecule has 0 aliphatic carbocycles. The van der Waals surface area contributed by atoms with Crippen LogP contribution in [0.4, 0.5) is 0 Å². The van der Waals surface area contributed by atoms with Gasteiger partial charge in [0.2, 0.25) is 0 Å². The first-order chi connectivity index (χ1) is 12.7. The number of Topliss-reactive ketones (excluding diaryl/α,β-unsaturated/α-hetero) is 1. The van der Waals surface area contributed by atoms with Gasteiger partial charge in [-0.3, -0.25) is 4.79 Å². The molecular weight excluding hydrogens is 374 g/mol. The standard InChI is InChI=1S/C18H19NO7S/c19-9(6-27)16(24)15-14-12(23)4-8(20)5-13(14)26-18(17(15)25)7-1-2-10(21)11(22)3-7/h1-5,9,15,17-18,20-23,25,27H,6,19H2/t9-,15?,17+,18+/m0/s1. The molecule has 1 unspecified atom stereocenters. The number of nitrogens with two attached hydrogens (primary N) is 1. The number of hydrogen-bond donors (Lipinski definition) is 7. The number of benzene rings is 2. The number of hydrogen-bond acceptors (Lipinski definition) is 9. The van der Waals surface area contributed by atoms with Crippen molar-refractivity contribution in [3.05, 3.63) is 41.5 Å². The molecule has 2 aromatic rings. The van der Waals surface area contributed by atoms with E-state index in [4.69, 9.17) is 10.5 Å². The second-order valence-corrected chi connectivity index (χ2v) is 6.69. The summed E-state index contributed by atoms with van der Waals surface area (Å²) < 4.78 is 5.71. The molecular formula is C18H19NO7S. The number of ketones is 1. The fourth-order valence-corrected chi connectivity index (χ4v) is 3.35. The first-order valence-corrected chi connectivity index (χ1v) is 8.70. The molecule has 0 bridgehead atoms. The molecule has 1 aliphatic rings. The molecule has 2 aromatic carbocycles. The Bertz CT molecular complexity index is 888. The highest BCUT2D eigenvalue weighted by atomic mass is 32.1. The van der Waals surface area contributed by atoms with Crippen LogP contribution in [-0.4, -0.2) is 49.2 Å². The number of fused-ring (bicyclic) bond motifs is 1. The molecule has 3 rings (SSSR count). The molecule has 0 amide bonds. The maximum Gasteiger partial charge on any atom is 0.160 e. The summed E-state index contributed by atoms with van der Waals surface area (Å²) in [6.07, 6.45) is -2.57. The Kier molecular flexibility index (Phi) is 5.09. The lowest BCUT2D eigenvalue weighted by Gasteiger charge is -2.37. The van der Waals surface area contributed by atoms with E-state index in [1.54, 1.807) is 0 Å². The summed E-state index contributed by atoms with van der Waals surface area (Å²) in [6, 6.07) is 5.07. The predicted molar refractivity (Wildman–Crippen MR) is 98.5 cm³/mol. The molecule has 0 spiro atoms. The van der Waals surface area contributed by atoms with Crippen LogP contribution in [0.2, 0.25) is 0 Å². The molecule has 1 aliphatic heterocycles. The van der Waals surface area contributed by atoms with Gasteiger partial charge in [0.05, 0.1) is 12.0 Å². The number of aromatic hydroxyl groups is 4. The molecule has 0 fully saturated rings. The number of thiol groups is 1. The van der Waals surface area contributed by atoms with Crippen LogP contribution < -0.4 is 10.5 Å². The van der Waals surface area contributed by atoms with Gasteiger partial charge in [0, 0.05) is 23.4 Å². The number of carbonyl (C=O) groups excluding carboxylic acids is 1. The molecule has 0 radical (unpaired) electrons. The van der Waals surface area contributed by atoms with E-state index in [1.807, 2.05) is 0 Å². The molecule has 9 heteroatoms. The third-order valence-electron chi connectivity index (χ3n) is 4.52. The molecule has 4 atom stereocenters. The quantitative estimate of drug-likeness (QED) is 0.299. The van der Waals surface area contributed by atoms with Gasteiger partial charge in [0.1, 0.15) is 23.4 Å². The van der Waals surface area contributed by atoms with Crippen molar-refractivity contribution in [3.8, 4) is 28.7 Å². The Balaban J connectivity index is 2.14. The highest BCUT2D eigenvalue weighted by Crippen LogP contribution is 2.49. The minimum atomic E-state index is -1.45. The second-order valence-electron chi connectivity index (χ2n) is 6.32. The zero-order valence-corrected chi connectivity index (χ0v) is 14.9. The Morgan fingerprint density at radius 1 is 1.11 bits per heavy atom. The van der Waals surface area contributed by atoms with Crippen LogP contribution in [0.5, 0.6) is 28.7 Å². The monoisotopic (exact) mass is 393 g/mol. The summed E-state index contributed by atoms with van der Waals surface area (Å²) in [4.78, 5) is 12.8. The van der Waals surface area contributed by atoms with Gasteiger partial charge in [-0.1, -0.05) is 6.07 Å². The summed E-state index contributed by atoms with van der Waals surface area (Å²) >= 11 is 4.01. The minimum absolute atomic E-state index is 0.0000732. The van der Waals surface area contributed by atoms with Gasteiger partial charge in [-0.15, -0.1) is 0 Å². The van der Waals surface area contributed by atoms with Crippen LogP contribution in [-0.2, 0) is 4.79 Å². The fourth-order valence-electron chi connectivity index (χ4n) is 3.17. The predicted octanol–water partition coefficient (Wildman–Crippen LogP) is 0.913. The van der Waals surface area contributed by atoms with Crippen LogP contribution in [0, 0.1) is 0 Å². The summed E-state index contributed by atoms with van der Waals surface area (Å²) in [5.74, 6) is -3.26. The van der Waals surface area contributed by atoms with E-state index in [2.05, 4.69) is 12.6 Å². The summed E-state index contributed by atoms with van der Waals surface area (Å²) in [5.41, 5.74) is 6.09. The van der Waals surface area contributed by atoms with Crippen molar-refractivity contribution >= 4 is 18.4 Å². The van der Waals surface area contributed by atoms with Gasteiger partial charge in [-0.05, 0) is 17.7 Å². The van der Waals surface area contributed by atoms with Gasteiger partial charge >= 0.3 is 0 Å². The smallest absolute Gasteiger partial charge is 0.160 e. The van der Waals surface area contributed by atoms with Gasteiger partial charge in [-0.25, -0.2) is 0 Å². The van der Waals surface area contributed by atoms with Crippen molar-refractivity contribution < 1.29 is 35.1 Å².